The smallest absolute Gasteiger partial charge is 0.242 e. The van der Waals surface area contributed by atoms with Gasteiger partial charge in [0.15, 0.2) is 0 Å². The fourth-order valence-corrected chi connectivity index (χ4v) is 2.57. The Hall–Kier alpha value is -2.37. The fourth-order valence-electron chi connectivity index (χ4n) is 2.57. The Bertz CT molecular complexity index is 559. The number of carbonyl (C=O) groups is 3. The van der Waals surface area contributed by atoms with E-state index >= 15 is 0 Å². The lowest BCUT2D eigenvalue weighted by Crippen LogP contribution is -2.52. The standard InChI is InChI=1S/C17H23N3O3/c1-14(21)18-9-7-16(22)20-12-11-19(17(23)13-20)10-8-15-5-3-2-4-6-15/h2-6H,7-13H2,1H3,(H,18,21). The van der Waals surface area contributed by atoms with E-state index < -0.39 is 0 Å². The third-order valence-corrected chi connectivity index (χ3v) is 3.90. The van der Waals surface area contributed by atoms with Crippen LogP contribution in [0.4, 0.5) is 0 Å². The van der Waals surface area contributed by atoms with E-state index in [1.54, 1.807) is 4.90 Å². The van der Waals surface area contributed by atoms with Crippen LogP contribution in [-0.4, -0.2) is 60.2 Å². The molecule has 0 spiro atoms. The van der Waals surface area contributed by atoms with Crippen molar-refractivity contribution < 1.29 is 14.4 Å². The van der Waals surface area contributed by atoms with Crippen LogP contribution in [0.2, 0.25) is 0 Å². The molecule has 0 radical (unpaired) electrons. The minimum Gasteiger partial charge on any atom is -0.356 e. The van der Waals surface area contributed by atoms with Crippen molar-refractivity contribution in [1.29, 1.82) is 0 Å². The van der Waals surface area contributed by atoms with Gasteiger partial charge < -0.3 is 15.1 Å². The average Bonchev–Trinajstić information content (AvgIpc) is 2.54. The summed E-state index contributed by atoms with van der Waals surface area (Å²) in [5.74, 6) is -0.255. The predicted molar refractivity (Wildman–Crippen MR) is 86.6 cm³/mol. The molecule has 0 saturated carbocycles. The summed E-state index contributed by atoms with van der Waals surface area (Å²) in [5, 5.41) is 2.59. The maximum Gasteiger partial charge on any atom is 0.242 e. The van der Waals surface area contributed by atoms with Gasteiger partial charge in [0.2, 0.25) is 17.7 Å². The molecule has 0 aromatic heterocycles. The maximum atomic E-state index is 12.2. The van der Waals surface area contributed by atoms with Crippen molar-refractivity contribution in [3.63, 3.8) is 0 Å². The molecule has 2 rings (SSSR count). The first-order valence-electron chi connectivity index (χ1n) is 7.90. The van der Waals surface area contributed by atoms with Gasteiger partial charge in [-0.15, -0.1) is 0 Å². The van der Waals surface area contributed by atoms with Gasteiger partial charge in [-0.05, 0) is 12.0 Å². The van der Waals surface area contributed by atoms with Crippen LogP contribution < -0.4 is 5.32 Å². The maximum absolute atomic E-state index is 12.2. The number of rotatable bonds is 6. The van der Waals surface area contributed by atoms with E-state index in [1.807, 2.05) is 35.2 Å². The Morgan fingerprint density at radius 1 is 1.17 bits per heavy atom. The SMILES string of the molecule is CC(=O)NCCC(=O)N1CCN(CCc2ccccc2)C(=O)C1. The van der Waals surface area contributed by atoms with Crippen molar-refractivity contribution in [2.75, 3.05) is 32.7 Å². The van der Waals surface area contributed by atoms with Crippen molar-refractivity contribution in [1.82, 2.24) is 15.1 Å². The second-order valence-electron chi connectivity index (χ2n) is 5.66. The molecular weight excluding hydrogens is 294 g/mol. The van der Waals surface area contributed by atoms with Crippen LogP contribution >= 0.6 is 0 Å². The molecule has 0 unspecified atom stereocenters. The van der Waals surface area contributed by atoms with Gasteiger partial charge in [0, 0.05) is 39.5 Å². The highest BCUT2D eigenvalue weighted by molar-refractivity contribution is 5.86. The lowest BCUT2D eigenvalue weighted by Gasteiger charge is -2.34. The number of piperazine rings is 1. The van der Waals surface area contributed by atoms with E-state index in [-0.39, 0.29) is 30.7 Å². The molecule has 1 saturated heterocycles. The monoisotopic (exact) mass is 317 g/mol. The summed E-state index contributed by atoms with van der Waals surface area (Å²) in [6, 6.07) is 10.0. The highest BCUT2D eigenvalue weighted by Gasteiger charge is 2.26. The van der Waals surface area contributed by atoms with E-state index in [9.17, 15) is 14.4 Å². The molecule has 1 aromatic carbocycles. The van der Waals surface area contributed by atoms with Crippen LogP contribution in [0.25, 0.3) is 0 Å². The number of carbonyl (C=O) groups excluding carboxylic acids is 3. The average molecular weight is 317 g/mol. The second-order valence-corrected chi connectivity index (χ2v) is 5.66. The fraction of sp³-hybridized carbons (Fsp3) is 0.471. The molecule has 1 aliphatic heterocycles. The molecular formula is C17H23N3O3. The summed E-state index contributed by atoms with van der Waals surface area (Å²) in [7, 11) is 0. The number of hydrogen-bond donors (Lipinski definition) is 1. The van der Waals surface area contributed by atoms with Crippen LogP contribution in [0, 0.1) is 0 Å². The van der Waals surface area contributed by atoms with Crippen LogP contribution in [0.15, 0.2) is 30.3 Å². The zero-order chi connectivity index (χ0) is 16.7. The molecule has 1 aliphatic rings. The second kappa shape index (κ2) is 8.31. The minimum absolute atomic E-state index is 0.0138. The van der Waals surface area contributed by atoms with Crippen LogP contribution in [-0.2, 0) is 20.8 Å². The Morgan fingerprint density at radius 3 is 2.57 bits per heavy atom. The number of nitrogens with one attached hydrogen (secondary N) is 1. The van der Waals surface area contributed by atoms with Gasteiger partial charge in [0.1, 0.15) is 0 Å². The largest absolute Gasteiger partial charge is 0.356 e. The first-order chi connectivity index (χ1) is 11.1. The van der Waals surface area contributed by atoms with Crippen molar-refractivity contribution in [2.45, 2.75) is 19.8 Å². The Morgan fingerprint density at radius 2 is 1.91 bits per heavy atom. The van der Waals surface area contributed by atoms with Gasteiger partial charge in [-0.25, -0.2) is 0 Å². The highest BCUT2D eigenvalue weighted by atomic mass is 16.2. The quantitative estimate of drug-likeness (QED) is 0.827. The molecule has 3 amide bonds. The van der Waals surface area contributed by atoms with Gasteiger partial charge in [0.05, 0.1) is 6.54 Å². The van der Waals surface area contributed by atoms with Crippen molar-refractivity contribution in [2.24, 2.45) is 0 Å². The molecule has 6 nitrogen and oxygen atoms in total. The molecule has 1 fully saturated rings. The third kappa shape index (κ3) is 5.39. The molecule has 124 valence electrons. The molecule has 6 heteroatoms. The molecule has 0 aliphatic carbocycles. The molecule has 1 aromatic rings. The van der Waals surface area contributed by atoms with Gasteiger partial charge in [-0.2, -0.15) is 0 Å². The van der Waals surface area contributed by atoms with E-state index in [2.05, 4.69) is 5.32 Å². The minimum atomic E-state index is -0.153. The van der Waals surface area contributed by atoms with Crippen molar-refractivity contribution >= 4 is 17.7 Å². The van der Waals surface area contributed by atoms with Gasteiger partial charge in [-0.3, -0.25) is 14.4 Å². The summed E-state index contributed by atoms with van der Waals surface area (Å²) in [4.78, 5) is 38.4. The normalized spacial score (nSPS) is 14.7. The Labute approximate surface area is 136 Å². The third-order valence-electron chi connectivity index (χ3n) is 3.90. The van der Waals surface area contributed by atoms with Crippen LogP contribution in [0.5, 0.6) is 0 Å². The zero-order valence-corrected chi connectivity index (χ0v) is 13.5. The summed E-state index contributed by atoms with van der Waals surface area (Å²) < 4.78 is 0. The highest BCUT2D eigenvalue weighted by Crippen LogP contribution is 2.07. The van der Waals surface area contributed by atoms with E-state index in [4.69, 9.17) is 0 Å². The predicted octanol–water partition coefficient (Wildman–Crippen LogP) is 0.426. The first kappa shape index (κ1) is 17.0. The molecule has 0 bridgehead atoms. The molecule has 1 heterocycles. The Balaban J connectivity index is 1.75. The number of benzene rings is 1. The van der Waals surface area contributed by atoms with Crippen LogP contribution in [0.1, 0.15) is 18.9 Å². The lowest BCUT2D eigenvalue weighted by molar-refractivity contribution is -0.145. The van der Waals surface area contributed by atoms with Gasteiger partial charge in [-0.1, -0.05) is 30.3 Å². The summed E-state index contributed by atoms with van der Waals surface area (Å²) in [6.45, 7) is 3.66. The van der Waals surface area contributed by atoms with Crippen LogP contribution in [0.3, 0.4) is 0 Å². The summed E-state index contributed by atoms with van der Waals surface area (Å²) in [6.07, 6.45) is 1.06. The number of amides is 3. The van der Waals surface area contributed by atoms with E-state index in [0.717, 1.165) is 6.42 Å². The zero-order valence-electron chi connectivity index (χ0n) is 13.5. The lowest BCUT2D eigenvalue weighted by atomic mass is 10.1. The molecule has 1 N–H and O–H groups in total. The van der Waals surface area contributed by atoms with Gasteiger partial charge >= 0.3 is 0 Å². The number of nitrogens with zero attached hydrogens (tertiary/aromatic N) is 2. The van der Waals surface area contributed by atoms with E-state index in [1.165, 1.54) is 12.5 Å². The molecule has 23 heavy (non-hydrogen) atoms. The topological polar surface area (TPSA) is 69.7 Å². The molecule has 0 atom stereocenters. The van der Waals surface area contributed by atoms with E-state index in [0.29, 0.717) is 26.2 Å². The van der Waals surface area contributed by atoms with Gasteiger partial charge in [0.25, 0.3) is 0 Å². The Kier molecular flexibility index (Phi) is 6.14. The van der Waals surface area contributed by atoms with Crippen molar-refractivity contribution in [3.05, 3.63) is 35.9 Å². The number of hydrogen-bond acceptors (Lipinski definition) is 3. The summed E-state index contributed by atoms with van der Waals surface area (Å²) in [5.41, 5.74) is 1.20. The summed E-state index contributed by atoms with van der Waals surface area (Å²) >= 11 is 0. The van der Waals surface area contributed by atoms with Crippen molar-refractivity contribution in [3.8, 4) is 0 Å². The first-order valence-corrected chi connectivity index (χ1v) is 7.90.